The van der Waals surface area contributed by atoms with Gasteiger partial charge in [-0.15, -0.1) is 0 Å². The van der Waals surface area contributed by atoms with Crippen LogP contribution in [0.3, 0.4) is 0 Å². The standard InChI is InChI=1S/C15H11ClN2O3/c16-11-4-1-3-10(7-11)14-13(18-9-21-14)15(19)17-8-12-5-2-6-20-12/h1-7,9H,8H2,(H,17,19). The summed E-state index contributed by atoms with van der Waals surface area (Å²) in [6.45, 7) is 0.285. The van der Waals surface area contributed by atoms with Crippen molar-refractivity contribution in [3.05, 3.63) is 65.5 Å². The Bertz CT molecular complexity index is 750. The van der Waals surface area contributed by atoms with Gasteiger partial charge in [0.15, 0.2) is 17.8 Å². The van der Waals surface area contributed by atoms with Crippen molar-refractivity contribution in [2.24, 2.45) is 0 Å². The summed E-state index contributed by atoms with van der Waals surface area (Å²) in [5.74, 6) is 0.709. The highest BCUT2D eigenvalue weighted by Gasteiger charge is 2.18. The first-order valence-corrected chi connectivity index (χ1v) is 6.62. The number of carbonyl (C=O) groups is 1. The number of aromatic nitrogens is 1. The molecule has 0 atom stereocenters. The molecule has 3 rings (SSSR count). The monoisotopic (exact) mass is 302 g/mol. The van der Waals surface area contributed by atoms with E-state index in [0.29, 0.717) is 22.1 Å². The second kappa shape index (κ2) is 5.85. The smallest absolute Gasteiger partial charge is 0.274 e. The first-order chi connectivity index (χ1) is 10.2. The lowest BCUT2D eigenvalue weighted by Crippen LogP contribution is -2.23. The van der Waals surface area contributed by atoms with E-state index in [4.69, 9.17) is 20.4 Å². The molecule has 0 aliphatic heterocycles. The first-order valence-electron chi connectivity index (χ1n) is 6.24. The summed E-state index contributed by atoms with van der Waals surface area (Å²) in [6.07, 6.45) is 2.78. The van der Waals surface area contributed by atoms with Crippen LogP contribution in [0, 0.1) is 0 Å². The van der Waals surface area contributed by atoms with Crippen LogP contribution in [0.4, 0.5) is 0 Å². The van der Waals surface area contributed by atoms with Crippen molar-refractivity contribution in [2.45, 2.75) is 6.54 Å². The molecule has 2 aromatic heterocycles. The van der Waals surface area contributed by atoms with Gasteiger partial charge in [0.05, 0.1) is 12.8 Å². The molecule has 0 radical (unpaired) electrons. The molecule has 1 amide bonds. The fraction of sp³-hybridized carbons (Fsp3) is 0.0667. The van der Waals surface area contributed by atoms with Gasteiger partial charge >= 0.3 is 0 Å². The van der Waals surface area contributed by atoms with Crippen LogP contribution < -0.4 is 5.32 Å². The van der Waals surface area contributed by atoms with Crippen LogP contribution >= 0.6 is 11.6 Å². The number of rotatable bonds is 4. The van der Waals surface area contributed by atoms with Crippen molar-refractivity contribution in [3.8, 4) is 11.3 Å². The third kappa shape index (κ3) is 2.98. The summed E-state index contributed by atoms with van der Waals surface area (Å²) >= 11 is 5.95. The predicted molar refractivity (Wildman–Crippen MR) is 76.8 cm³/mol. The molecular weight excluding hydrogens is 292 g/mol. The molecule has 1 N–H and O–H groups in total. The summed E-state index contributed by atoms with van der Waals surface area (Å²) < 4.78 is 10.5. The molecule has 0 bridgehead atoms. The molecule has 5 nitrogen and oxygen atoms in total. The third-order valence-corrected chi connectivity index (χ3v) is 3.11. The van der Waals surface area contributed by atoms with E-state index in [9.17, 15) is 4.79 Å². The maximum atomic E-state index is 12.2. The Kier molecular flexibility index (Phi) is 3.75. The van der Waals surface area contributed by atoms with Crippen LogP contribution in [0.25, 0.3) is 11.3 Å². The molecule has 6 heteroatoms. The van der Waals surface area contributed by atoms with Crippen molar-refractivity contribution >= 4 is 17.5 Å². The largest absolute Gasteiger partial charge is 0.467 e. The van der Waals surface area contributed by atoms with Gasteiger partial charge in [-0.25, -0.2) is 4.98 Å². The average Bonchev–Trinajstić information content (AvgIpc) is 3.16. The van der Waals surface area contributed by atoms with Crippen LogP contribution in [0.5, 0.6) is 0 Å². The van der Waals surface area contributed by atoms with E-state index >= 15 is 0 Å². The zero-order valence-electron chi connectivity index (χ0n) is 10.9. The van der Waals surface area contributed by atoms with Crippen LogP contribution in [0.1, 0.15) is 16.2 Å². The molecule has 0 fully saturated rings. The summed E-state index contributed by atoms with van der Waals surface area (Å²) in [5.41, 5.74) is 0.909. The van der Waals surface area contributed by atoms with Crippen LogP contribution in [0.2, 0.25) is 5.02 Å². The molecular formula is C15H11ClN2O3. The van der Waals surface area contributed by atoms with Crippen LogP contribution in [-0.2, 0) is 6.54 Å². The summed E-state index contributed by atoms with van der Waals surface area (Å²) in [5, 5.41) is 3.29. The quantitative estimate of drug-likeness (QED) is 0.800. The summed E-state index contributed by atoms with van der Waals surface area (Å²) in [4.78, 5) is 16.1. The molecule has 0 spiro atoms. The zero-order chi connectivity index (χ0) is 14.7. The van der Waals surface area contributed by atoms with Gasteiger partial charge in [0.25, 0.3) is 5.91 Å². The Morgan fingerprint density at radius 3 is 2.90 bits per heavy atom. The van der Waals surface area contributed by atoms with E-state index in [1.54, 1.807) is 42.7 Å². The molecule has 0 saturated heterocycles. The van der Waals surface area contributed by atoms with Crippen LogP contribution in [-0.4, -0.2) is 10.9 Å². The van der Waals surface area contributed by atoms with E-state index < -0.39 is 0 Å². The number of furan rings is 1. The number of carbonyl (C=O) groups excluding carboxylic acids is 1. The van der Waals surface area contributed by atoms with Crippen molar-refractivity contribution in [1.29, 1.82) is 0 Å². The topological polar surface area (TPSA) is 68.3 Å². The lowest BCUT2D eigenvalue weighted by molar-refractivity contribution is 0.0944. The van der Waals surface area contributed by atoms with E-state index in [1.165, 1.54) is 6.39 Å². The highest BCUT2D eigenvalue weighted by atomic mass is 35.5. The molecule has 21 heavy (non-hydrogen) atoms. The normalized spacial score (nSPS) is 10.5. The molecule has 0 aliphatic carbocycles. The molecule has 0 saturated carbocycles. The van der Waals surface area contributed by atoms with Gasteiger partial charge in [-0.2, -0.15) is 0 Å². The van der Waals surface area contributed by atoms with Crippen molar-refractivity contribution in [2.75, 3.05) is 0 Å². The van der Waals surface area contributed by atoms with Crippen molar-refractivity contribution in [1.82, 2.24) is 10.3 Å². The SMILES string of the molecule is O=C(NCc1ccco1)c1ncoc1-c1cccc(Cl)c1. The lowest BCUT2D eigenvalue weighted by Gasteiger charge is -2.03. The lowest BCUT2D eigenvalue weighted by atomic mass is 10.1. The molecule has 0 unspecified atom stereocenters. The summed E-state index contributed by atoms with van der Waals surface area (Å²) in [7, 11) is 0. The van der Waals surface area contributed by atoms with E-state index in [1.807, 2.05) is 0 Å². The molecule has 3 aromatic rings. The van der Waals surface area contributed by atoms with Gasteiger partial charge in [0, 0.05) is 10.6 Å². The number of hydrogen-bond acceptors (Lipinski definition) is 4. The van der Waals surface area contributed by atoms with Gasteiger partial charge in [0.2, 0.25) is 0 Å². The molecule has 1 aromatic carbocycles. The van der Waals surface area contributed by atoms with Crippen molar-refractivity contribution in [3.63, 3.8) is 0 Å². The van der Waals surface area contributed by atoms with E-state index in [0.717, 1.165) is 0 Å². The number of oxazole rings is 1. The molecule has 2 heterocycles. The molecule has 106 valence electrons. The number of nitrogens with zero attached hydrogens (tertiary/aromatic N) is 1. The summed E-state index contributed by atoms with van der Waals surface area (Å²) in [6, 6.07) is 10.6. The number of nitrogens with one attached hydrogen (secondary N) is 1. The number of benzene rings is 1. The minimum Gasteiger partial charge on any atom is -0.467 e. The minimum atomic E-state index is -0.338. The Morgan fingerprint density at radius 1 is 1.24 bits per heavy atom. The van der Waals surface area contributed by atoms with Gasteiger partial charge in [-0.05, 0) is 24.3 Å². The predicted octanol–water partition coefficient (Wildman–Crippen LogP) is 3.52. The highest BCUT2D eigenvalue weighted by molar-refractivity contribution is 6.30. The Labute approximate surface area is 125 Å². The second-order valence-corrected chi connectivity index (χ2v) is 4.74. The Balaban J connectivity index is 1.80. The third-order valence-electron chi connectivity index (χ3n) is 2.87. The second-order valence-electron chi connectivity index (χ2n) is 4.30. The number of hydrogen-bond donors (Lipinski definition) is 1. The highest BCUT2D eigenvalue weighted by Crippen LogP contribution is 2.25. The van der Waals surface area contributed by atoms with Gasteiger partial charge in [-0.3, -0.25) is 4.79 Å². The van der Waals surface area contributed by atoms with E-state index in [-0.39, 0.29) is 18.1 Å². The Hall–Kier alpha value is -2.53. The van der Waals surface area contributed by atoms with E-state index in [2.05, 4.69) is 10.3 Å². The zero-order valence-corrected chi connectivity index (χ0v) is 11.6. The van der Waals surface area contributed by atoms with Gasteiger partial charge in [0.1, 0.15) is 5.76 Å². The maximum Gasteiger partial charge on any atom is 0.274 e. The van der Waals surface area contributed by atoms with Gasteiger partial charge in [-0.1, -0.05) is 23.7 Å². The minimum absolute atomic E-state index is 0.212. The van der Waals surface area contributed by atoms with Crippen LogP contribution in [0.15, 0.2) is 57.9 Å². The van der Waals surface area contributed by atoms with Crippen molar-refractivity contribution < 1.29 is 13.6 Å². The fourth-order valence-electron chi connectivity index (χ4n) is 1.91. The molecule has 0 aliphatic rings. The number of amides is 1. The first kappa shape index (κ1) is 13.5. The number of halogens is 1. The van der Waals surface area contributed by atoms with Gasteiger partial charge < -0.3 is 14.2 Å². The fourth-order valence-corrected chi connectivity index (χ4v) is 2.10. The Morgan fingerprint density at radius 2 is 2.14 bits per heavy atom. The average molecular weight is 303 g/mol. The maximum absolute atomic E-state index is 12.2.